The minimum absolute atomic E-state index is 0.270. The maximum Gasteiger partial charge on any atom is 0.133 e. The molecule has 0 amide bonds. The first-order chi connectivity index (χ1) is 11.2. The summed E-state index contributed by atoms with van der Waals surface area (Å²) in [7, 11) is 0. The highest BCUT2D eigenvalue weighted by molar-refractivity contribution is 5.79. The molecule has 2 heteroatoms. The van der Waals surface area contributed by atoms with Crippen LogP contribution in [0, 0.1) is 35.0 Å². The topological polar surface area (TPSA) is 37.3 Å². The number of ketones is 1. The summed E-state index contributed by atoms with van der Waals surface area (Å²) in [5, 5.41) is 10.6. The fourth-order valence-corrected chi connectivity index (χ4v) is 7.01. The van der Waals surface area contributed by atoms with Crippen molar-refractivity contribution >= 4 is 5.78 Å². The third kappa shape index (κ3) is 3.45. The number of carbonyl (C=O) groups excluding carboxylic acids is 1. The molecule has 138 valence electrons. The van der Waals surface area contributed by atoms with E-state index in [4.69, 9.17) is 0 Å². The Labute approximate surface area is 148 Å². The molecule has 0 radical (unpaired) electrons. The van der Waals surface area contributed by atoms with Crippen molar-refractivity contribution < 1.29 is 9.90 Å². The smallest absolute Gasteiger partial charge is 0.133 e. The average molecular weight is 335 g/mol. The summed E-state index contributed by atoms with van der Waals surface area (Å²) in [6.07, 6.45) is 11.9. The minimum Gasteiger partial charge on any atom is -0.390 e. The molecule has 0 bridgehead atoms. The lowest BCUT2D eigenvalue weighted by molar-refractivity contribution is -0.126. The number of fused-ring (bicyclic) bond motifs is 3. The SMILES string of the molecule is CC(=O)[C@H]1CC[C@H]2[C@@H]3CC[C@H](C)C[C@](C)(O)CCC[C@H]3CC[C@]12C. The van der Waals surface area contributed by atoms with E-state index in [0.29, 0.717) is 17.6 Å². The minimum atomic E-state index is -0.470. The van der Waals surface area contributed by atoms with E-state index >= 15 is 0 Å². The van der Waals surface area contributed by atoms with E-state index in [1.165, 1.54) is 44.9 Å². The van der Waals surface area contributed by atoms with E-state index in [2.05, 4.69) is 13.8 Å². The van der Waals surface area contributed by atoms with Crippen molar-refractivity contribution in [1.29, 1.82) is 0 Å². The van der Waals surface area contributed by atoms with Crippen molar-refractivity contribution in [2.24, 2.45) is 35.0 Å². The molecule has 3 aliphatic carbocycles. The summed E-state index contributed by atoms with van der Waals surface area (Å²) in [5.74, 6) is 3.77. The van der Waals surface area contributed by atoms with Crippen molar-refractivity contribution in [2.45, 2.75) is 97.5 Å². The molecule has 0 saturated heterocycles. The van der Waals surface area contributed by atoms with Gasteiger partial charge in [0.2, 0.25) is 0 Å². The van der Waals surface area contributed by atoms with Gasteiger partial charge in [-0.2, -0.15) is 0 Å². The largest absolute Gasteiger partial charge is 0.390 e. The molecule has 1 N–H and O–H groups in total. The van der Waals surface area contributed by atoms with Crippen molar-refractivity contribution in [3.05, 3.63) is 0 Å². The van der Waals surface area contributed by atoms with Crippen LogP contribution < -0.4 is 0 Å². The van der Waals surface area contributed by atoms with Gasteiger partial charge in [-0.1, -0.05) is 33.1 Å². The molecule has 0 spiro atoms. The highest BCUT2D eigenvalue weighted by atomic mass is 16.3. The second kappa shape index (κ2) is 6.74. The fraction of sp³-hybridized carbons (Fsp3) is 0.955. The molecule has 3 rings (SSSR count). The van der Waals surface area contributed by atoms with Crippen LogP contribution in [-0.4, -0.2) is 16.5 Å². The highest BCUT2D eigenvalue weighted by Crippen LogP contribution is 2.61. The summed E-state index contributed by atoms with van der Waals surface area (Å²) in [6, 6.07) is 0. The number of rotatable bonds is 1. The Balaban J connectivity index is 1.78. The van der Waals surface area contributed by atoms with E-state index in [0.717, 1.165) is 37.0 Å². The van der Waals surface area contributed by atoms with Gasteiger partial charge in [0, 0.05) is 5.92 Å². The first-order valence-corrected chi connectivity index (χ1v) is 10.5. The van der Waals surface area contributed by atoms with Crippen LogP contribution in [0.4, 0.5) is 0 Å². The Morgan fingerprint density at radius 2 is 1.75 bits per heavy atom. The number of aliphatic hydroxyl groups is 1. The Kier molecular flexibility index (Phi) is 5.17. The molecule has 3 aliphatic rings. The Morgan fingerprint density at radius 1 is 1.00 bits per heavy atom. The van der Waals surface area contributed by atoms with Crippen LogP contribution in [0.25, 0.3) is 0 Å². The van der Waals surface area contributed by atoms with Gasteiger partial charge in [-0.25, -0.2) is 0 Å². The zero-order chi connectivity index (χ0) is 17.5. The van der Waals surface area contributed by atoms with Gasteiger partial charge in [-0.3, -0.25) is 4.79 Å². The number of Topliss-reactive ketones (excluding diaryl/α,β-unsaturated/α-hetero) is 1. The second-order valence-electron chi connectivity index (χ2n) is 10.1. The molecule has 0 aromatic heterocycles. The molecular weight excluding hydrogens is 296 g/mol. The van der Waals surface area contributed by atoms with Crippen LogP contribution in [0.3, 0.4) is 0 Å². The maximum atomic E-state index is 12.2. The Bertz CT molecular complexity index is 469. The summed E-state index contributed by atoms with van der Waals surface area (Å²) < 4.78 is 0. The molecule has 0 unspecified atom stereocenters. The first kappa shape index (κ1) is 18.4. The molecule has 2 nitrogen and oxygen atoms in total. The lowest BCUT2D eigenvalue weighted by Crippen LogP contribution is -2.43. The van der Waals surface area contributed by atoms with Crippen LogP contribution in [0.5, 0.6) is 0 Å². The second-order valence-corrected chi connectivity index (χ2v) is 10.1. The van der Waals surface area contributed by atoms with E-state index in [-0.39, 0.29) is 5.41 Å². The first-order valence-electron chi connectivity index (χ1n) is 10.5. The summed E-state index contributed by atoms with van der Waals surface area (Å²) in [5.41, 5.74) is -0.200. The summed E-state index contributed by atoms with van der Waals surface area (Å²) in [6.45, 7) is 8.61. The summed E-state index contributed by atoms with van der Waals surface area (Å²) in [4.78, 5) is 12.2. The monoisotopic (exact) mass is 334 g/mol. The van der Waals surface area contributed by atoms with E-state index in [1.807, 2.05) is 13.8 Å². The van der Waals surface area contributed by atoms with Crippen LogP contribution in [0.1, 0.15) is 91.9 Å². The molecule has 0 heterocycles. The van der Waals surface area contributed by atoms with E-state index in [1.54, 1.807) is 0 Å². The van der Waals surface area contributed by atoms with Crippen LogP contribution in [-0.2, 0) is 4.79 Å². The van der Waals surface area contributed by atoms with Gasteiger partial charge in [0.05, 0.1) is 5.60 Å². The third-order valence-corrected chi connectivity index (χ3v) is 8.15. The number of hydrogen-bond acceptors (Lipinski definition) is 2. The van der Waals surface area contributed by atoms with Crippen LogP contribution >= 0.6 is 0 Å². The number of carbonyl (C=O) groups is 1. The standard InChI is InChI=1S/C22H38O2/c1-15-7-8-18-17(6-5-12-21(3,24)14-15)11-13-22(4)19(16(2)23)9-10-20(18)22/h15,17-20,24H,5-14H2,1-4H3/t15-,17-,18+,19+,20-,21+,22+/m0/s1. The maximum absolute atomic E-state index is 12.2. The van der Waals surface area contributed by atoms with E-state index in [9.17, 15) is 9.90 Å². The molecule has 0 aromatic carbocycles. The molecule has 3 fully saturated rings. The van der Waals surface area contributed by atoms with Crippen LogP contribution in [0.15, 0.2) is 0 Å². The zero-order valence-electron chi connectivity index (χ0n) is 16.3. The van der Waals surface area contributed by atoms with Gasteiger partial charge in [-0.15, -0.1) is 0 Å². The predicted octanol–water partition coefficient (Wildman–Crippen LogP) is 5.38. The average Bonchev–Trinajstić information content (AvgIpc) is 2.82. The third-order valence-electron chi connectivity index (χ3n) is 8.15. The summed E-state index contributed by atoms with van der Waals surface area (Å²) >= 11 is 0. The molecule has 24 heavy (non-hydrogen) atoms. The van der Waals surface area contributed by atoms with Crippen molar-refractivity contribution in [3.8, 4) is 0 Å². The van der Waals surface area contributed by atoms with Crippen molar-refractivity contribution in [2.75, 3.05) is 0 Å². The van der Waals surface area contributed by atoms with Gasteiger partial charge in [0.1, 0.15) is 5.78 Å². The van der Waals surface area contributed by atoms with Gasteiger partial charge >= 0.3 is 0 Å². The Morgan fingerprint density at radius 3 is 2.46 bits per heavy atom. The number of hydrogen-bond donors (Lipinski definition) is 1. The quantitative estimate of drug-likeness (QED) is 0.699. The molecular formula is C22H38O2. The zero-order valence-corrected chi connectivity index (χ0v) is 16.3. The molecule has 0 aromatic rings. The predicted molar refractivity (Wildman–Crippen MR) is 98.7 cm³/mol. The normalized spacial score (nSPS) is 50.0. The lowest BCUT2D eigenvalue weighted by atomic mass is 9.55. The van der Waals surface area contributed by atoms with Gasteiger partial charge in [0.15, 0.2) is 0 Å². The molecule has 0 aliphatic heterocycles. The van der Waals surface area contributed by atoms with Crippen LogP contribution in [0.2, 0.25) is 0 Å². The van der Waals surface area contributed by atoms with Gasteiger partial charge in [-0.05, 0) is 87.9 Å². The highest BCUT2D eigenvalue weighted by Gasteiger charge is 2.54. The van der Waals surface area contributed by atoms with Gasteiger partial charge < -0.3 is 5.11 Å². The lowest BCUT2D eigenvalue weighted by Gasteiger charge is -2.49. The Hall–Kier alpha value is -0.370. The van der Waals surface area contributed by atoms with E-state index < -0.39 is 5.60 Å². The molecule has 3 saturated carbocycles. The van der Waals surface area contributed by atoms with Crippen molar-refractivity contribution in [1.82, 2.24) is 0 Å². The van der Waals surface area contributed by atoms with Crippen molar-refractivity contribution in [3.63, 3.8) is 0 Å². The fourth-order valence-electron chi connectivity index (χ4n) is 7.01. The molecule has 7 atom stereocenters. The van der Waals surface area contributed by atoms with Gasteiger partial charge in [0.25, 0.3) is 0 Å².